The Labute approximate surface area is 106 Å². The maximum absolute atomic E-state index is 10.9. The summed E-state index contributed by atoms with van der Waals surface area (Å²) in [5.41, 5.74) is 0. The second-order valence-corrected chi connectivity index (χ2v) is 4.21. The van der Waals surface area contributed by atoms with Crippen LogP contribution in [0.5, 0.6) is 0 Å². The molecule has 0 radical (unpaired) electrons. The molecule has 1 fully saturated rings. The van der Waals surface area contributed by atoms with E-state index in [4.69, 9.17) is 11.6 Å². The summed E-state index contributed by atoms with van der Waals surface area (Å²) in [6.07, 6.45) is 7.84. The molecule has 90 valence electrons. The van der Waals surface area contributed by atoms with Crippen molar-refractivity contribution in [1.82, 2.24) is 14.9 Å². The summed E-state index contributed by atoms with van der Waals surface area (Å²) in [5, 5.41) is 2.80. The molecule has 1 aromatic heterocycles. The maximum Gasteiger partial charge on any atom is 0.234 e. The first-order chi connectivity index (χ1) is 7.29. The van der Waals surface area contributed by atoms with Gasteiger partial charge in [0.15, 0.2) is 0 Å². The van der Waals surface area contributed by atoms with Crippen LogP contribution in [0.4, 0.5) is 0 Å². The van der Waals surface area contributed by atoms with Gasteiger partial charge in [-0.05, 0) is 18.8 Å². The van der Waals surface area contributed by atoms with E-state index in [0.29, 0.717) is 12.0 Å². The molecule has 1 N–H and O–H groups in total. The number of alkyl halides is 1. The fourth-order valence-corrected chi connectivity index (χ4v) is 2.00. The van der Waals surface area contributed by atoms with Gasteiger partial charge in [-0.3, -0.25) is 4.79 Å². The van der Waals surface area contributed by atoms with Crippen LogP contribution >= 0.6 is 24.0 Å². The van der Waals surface area contributed by atoms with Crippen LogP contribution in [0.25, 0.3) is 0 Å². The Kier molecular flexibility index (Phi) is 5.09. The summed E-state index contributed by atoms with van der Waals surface area (Å²) in [4.78, 5) is 14.9. The van der Waals surface area contributed by atoms with Crippen LogP contribution in [0.2, 0.25) is 0 Å². The third-order valence-corrected chi connectivity index (χ3v) is 3.11. The van der Waals surface area contributed by atoms with E-state index in [2.05, 4.69) is 14.9 Å². The molecule has 0 atom stereocenters. The SMILES string of the molecule is Cl.O=C(CCl)NCC1CC(n2ccnc2)C1. The normalized spacial score (nSPS) is 23.1. The molecular formula is C10H15Cl2N3O. The molecule has 1 heterocycles. The van der Waals surface area contributed by atoms with E-state index in [1.807, 2.05) is 12.5 Å². The highest BCUT2D eigenvalue weighted by atomic mass is 35.5. The molecular weight excluding hydrogens is 249 g/mol. The number of hydrogen-bond donors (Lipinski definition) is 1. The second-order valence-electron chi connectivity index (χ2n) is 3.94. The number of amides is 1. The Morgan fingerprint density at radius 1 is 1.56 bits per heavy atom. The quantitative estimate of drug-likeness (QED) is 0.840. The average Bonchev–Trinajstić information content (AvgIpc) is 2.68. The molecule has 0 aliphatic heterocycles. The van der Waals surface area contributed by atoms with Crippen molar-refractivity contribution in [3.63, 3.8) is 0 Å². The fourth-order valence-electron chi connectivity index (χ4n) is 1.90. The van der Waals surface area contributed by atoms with Gasteiger partial charge in [-0.1, -0.05) is 0 Å². The molecule has 0 bridgehead atoms. The van der Waals surface area contributed by atoms with Gasteiger partial charge in [0, 0.05) is 25.0 Å². The van der Waals surface area contributed by atoms with Crippen LogP contribution in [0.15, 0.2) is 18.7 Å². The van der Waals surface area contributed by atoms with Crippen molar-refractivity contribution in [2.24, 2.45) is 5.92 Å². The van der Waals surface area contributed by atoms with Crippen LogP contribution in [0.1, 0.15) is 18.9 Å². The lowest BCUT2D eigenvalue weighted by atomic mass is 9.80. The predicted octanol–water partition coefficient (Wildman–Crippen LogP) is 1.61. The number of nitrogens with one attached hydrogen (secondary N) is 1. The standard InChI is InChI=1S/C10H14ClN3O.ClH/c11-5-10(15)13-6-8-3-9(4-8)14-2-1-12-7-14;/h1-2,7-9H,3-6H2,(H,13,15);1H. The predicted molar refractivity (Wildman–Crippen MR) is 65.0 cm³/mol. The maximum atomic E-state index is 10.9. The molecule has 0 aromatic carbocycles. The molecule has 0 spiro atoms. The molecule has 4 nitrogen and oxygen atoms in total. The van der Waals surface area contributed by atoms with Crippen LogP contribution in [-0.2, 0) is 4.79 Å². The number of carbonyl (C=O) groups is 1. The lowest BCUT2D eigenvalue weighted by Crippen LogP contribution is -2.37. The second kappa shape index (κ2) is 6.11. The molecule has 6 heteroatoms. The topological polar surface area (TPSA) is 46.9 Å². The van der Waals surface area contributed by atoms with Crippen LogP contribution in [0, 0.1) is 5.92 Å². The van der Waals surface area contributed by atoms with Gasteiger partial charge in [-0.15, -0.1) is 24.0 Å². The van der Waals surface area contributed by atoms with Crippen molar-refractivity contribution in [3.05, 3.63) is 18.7 Å². The molecule has 1 aliphatic rings. The van der Waals surface area contributed by atoms with Gasteiger partial charge in [0.25, 0.3) is 0 Å². The van der Waals surface area contributed by atoms with E-state index >= 15 is 0 Å². The lowest BCUT2D eigenvalue weighted by Gasteiger charge is -2.36. The van der Waals surface area contributed by atoms with E-state index < -0.39 is 0 Å². The first kappa shape index (κ1) is 13.3. The Balaban J connectivity index is 0.00000128. The number of carbonyl (C=O) groups excluding carboxylic acids is 1. The van der Waals surface area contributed by atoms with Crippen molar-refractivity contribution < 1.29 is 4.79 Å². The van der Waals surface area contributed by atoms with Gasteiger partial charge in [0.2, 0.25) is 5.91 Å². The van der Waals surface area contributed by atoms with Crippen molar-refractivity contribution >= 4 is 29.9 Å². The minimum absolute atomic E-state index is 0. The summed E-state index contributed by atoms with van der Waals surface area (Å²) < 4.78 is 2.12. The summed E-state index contributed by atoms with van der Waals surface area (Å²) >= 11 is 5.38. The Morgan fingerprint density at radius 2 is 2.31 bits per heavy atom. The Hall–Kier alpha value is -0.740. The smallest absolute Gasteiger partial charge is 0.234 e. The number of imidazole rings is 1. The molecule has 0 unspecified atom stereocenters. The first-order valence-electron chi connectivity index (χ1n) is 5.09. The molecule has 1 aromatic rings. The van der Waals surface area contributed by atoms with Gasteiger partial charge in [-0.2, -0.15) is 0 Å². The summed E-state index contributed by atoms with van der Waals surface area (Å²) in [7, 11) is 0. The highest BCUT2D eigenvalue weighted by Gasteiger charge is 2.29. The van der Waals surface area contributed by atoms with Crippen molar-refractivity contribution in [2.45, 2.75) is 18.9 Å². The highest BCUT2D eigenvalue weighted by Crippen LogP contribution is 2.36. The van der Waals surface area contributed by atoms with Gasteiger partial charge >= 0.3 is 0 Å². The summed E-state index contributed by atoms with van der Waals surface area (Å²) in [6.45, 7) is 0.747. The van der Waals surface area contributed by atoms with Crippen LogP contribution in [-0.4, -0.2) is 27.9 Å². The number of rotatable bonds is 4. The molecule has 1 saturated carbocycles. The highest BCUT2D eigenvalue weighted by molar-refractivity contribution is 6.27. The average molecular weight is 264 g/mol. The van der Waals surface area contributed by atoms with E-state index in [0.717, 1.165) is 19.4 Å². The lowest BCUT2D eigenvalue weighted by molar-refractivity contribution is -0.119. The monoisotopic (exact) mass is 263 g/mol. The van der Waals surface area contributed by atoms with Gasteiger partial charge < -0.3 is 9.88 Å². The first-order valence-corrected chi connectivity index (χ1v) is 5.63. The summed E-state index contributed by atoms with van der Waals surface area (Å²) in [6, 6.07) is 0.561. The number of halogens is 2. The Morgan fingerprint density at radius 3 is 2.88 bits per heavy atom. The van der Waals surface area contributed by atoms with Gasteiger partial charge in [0.05, 0.1) is 6.33 Å². The van der Waals surface area contributed by atoms with E-state index in [-0.39, 0.29) is 24.2 Å². The largest absolute Gasteiger partial charge is 0.355 e. The zero-order chi connectivity index (χ0) is 10.7. The third kappa shape index (κ3) is 3.12. The van der Waals surface area contributed by atoms with E-state index in [9.17, 15) is 4.79 Å². The number of nitrogens with zero attached hydrogens (tertiary/aromatic N) is 2. The summed E-state index contributed by atoms with van der Waals surface area (Å²) in [5.74, 6) is 0.560. The van der Waals surface area contributed by atoms with E-state index in [1.165, 1.54) is 0 Å². The van der Waals surface area contributed by atoms with Crippen molar-refractivity contribution in [3.8, 4) is 0 Å². The zero-order valence-electron chi connectivity index (χ0n) is 8.80. The van der Waals surface area contributed by atoms with Gasteiger partial charge in [0.1, 0.15) is 5.88 Å². The van der Waals surface area contributed by atoms with E-state index in [1.54, 1.807) is 6.20 Å². The van der Waals surface area contributed by atoms with Crippen LogP contribution in [0.3, 0.4) is 0 Å². The fraction of sp³-hybridized carbons (Fsp3) is 0.600. The number of hydrogen-bond acceptors (Lipinski definition) is 2. The van der Waals surface area contributed by atoms with Crippen molar-refractivity contribution in [1.29, 1.82) is 0 Å². The molecule has 1 aliphatic carbocycles. The van der Waals surface area contributed by atoms with Crippen LogP contribution < -0.4 is 5.32 Å². The van der Waals surface area contributed by atoms with Crippen molar-refractivity contribution in [2.75, 3.05) is 12.4 Å². The van der Waals surface area contributed by atoms with Gasteiger partial charge in [-0.25, -0.2) is 4.98 Å². The molecule has 16 heavy (non-hydrogen) atoms. The minimum atomic E-state index is -0.0808. The third-order valence-electron chi connectivity index (χ3n) is 2.87. The molecule has 2 rings (SSSR count). The number of aromatic nitrogens is 2. The zero-order valence-corrected chi connectivity index (χ0v) is 10.4. The molecule has 1 amide bonds. The Bertz CT molecular complexity index is 323. The molecule has 0 saturated heterocycles. The minimum Gasteiger partial charge on any atom is -0.355 e.